The predicted molar refractivity (Wildman–Crippen MR) is 67.1 cm³/mol. The Morgan fingerprint density at radius 3 is 2.61 bits per heavy atom. The summed E-state index contributed by atoms with van der Waals surface area (Å²) in [5, 5.41) is 11.0. The summed E-state index contributed by atoms with van der Waals surface area (Å²) >= 11 is 0. The van der Waals surface area contributed by atoms with Gasteiger partial charge in [0.05, 0.1) is 18.1 Å². The van der Waals surface area contributed by atoms with Crippen molar-refractivity contribution >= 4 is 15.9 Å². The normalized spacial score (nSPS) is 19.4. The first-order valence-corrected chi connectivity index (χ1v) is 7.79. The SMILES string of the molecule is CC(C)NCc1nnc(N2CCS(=O)(=O)CC2)o1. The maximum absolute atomic E-state index is 11.3. The zero-order valence-electron chi connectivity index (χ0n) is 10.6. The van der Waals surface area contributed by atoms with Gasteiger partial charge in [-0.15, -0.1) is 5.10 Å². The number of sulfone groups is 1. The van der Waals surface area contributed by atoms with Crippen LogP contribution in [0.25, 0.3) is 0 Å². The molecule has 1 N–H and O–H groups in total. The average Bonchev–Trinajstić information content (AvgIpc) is 2.75. The first-order valence-electron chi connectivity index (χ1n) is 5.97. The molecular weight excluding hydrogens is 256 g/mol. The Hall–Kier alpha value is -1.15. The van der Waals surface area contributed by atoms with Crippen molar-refractivity contribution in [2.75, 3.05) is 29.5 Å². The van der Waals surface area contributed by atoms with Crippen molar-refractivity contribution in [1.29, 1.82) is 0 Å². The fraction of sp³-hybridized carbons (Fsp3) is 0.800. The van der Waals surface area contributed by atoms with Crippen LogP contribution in [0.1, 0.15) is 19.7 Å². The van der Waals surface area contributed by atoms with Crippen molar-refractivity contribution in [3.63, 3.8) is 0 Å². The van der Waals surface area contributed by atoms with Gasteiger partial charge in [-0.25, -0.2) is 8.42 Å². The second-order valence-electron chi connectivity index (χ2n) is 4.65. The van der Waals surface area contributed by atoms with Gasteiger partial charge in [-0.3, -0.25) is 0 Å². The zero-order valence-corrected chi connectivity index (χ0v) is 11.4. The third kappa shape index (κ3) is 3.42. The Labute approximate surface area is 106 Å². The molecule has 8 heteroatoms. The number of hydrogen-bond donors (Lipinski definition) is 1. The van der Waals surface area contributed by atoms with E-state index in [-0.39, 0.29) is 11.5 Å². The van der Waals surface area contributed by atoms with E-state index in [0.29, 0.717) is 37.6 Å². The zero-order chi connectivity index (χ0) is 13.2. The highest BCUT2D eigenvalue weighted by Gasteiger charge is 2.24. The van der Waals surface area contributed by atoms with Gasteiger partial charge in [-0.05, 0) is 0 Å². The van der Waals surface area contributed by atoms with Crippen LogP contribution in [-0.2, 0) is 16.4 Å². The highest BCUT2D eigenvalue weighted by atomic mass is 32.2. The lowest BCUT2D eigenvalue weighted by molar-refractivity contribution is 0.447. The summed E-state index contributed by atoms with van der Waals surface area (Å²) in [5.41, 5.74) is 0. The molecule has 1 fully saturated rings. The summed E-state index contributed by atoms with van der Waals surface area (Å²) in [6, 6.07) is 0.755. The van der Waals surface area contributed by atoms with Crippen LogP contribution in [0.4, 0.5) is 6.01 Å². The van der Waals surface area contributed by atoms with Crippen LogP contribution in [0, 0.1) is 0 Å². The van der Waals surface area contributed by atoms with E-state index in [4.69, 9.17) is 4.42 Å². The summed E-state index contributed by atoms with van der Waals surface area (Å²) in [5.74, 6) is 0.816. The molecule has 1 saturated heterocycles. The first kappa shape index (κ1) is 13.3. The quantitative estimate of drug-likeness (QED) is 0.813. The standard InChI is InChI=1S/C10H18N4O3S/c1-8(2)11-7-9-12-13-10(17-9)14-3-5-18(15,16)6-4-14/h8,11H,3-7H2,1-2H3. The van der Waals surface area contributed by atoms with Gasteiger partial charge in [0.1, 0.15) is 0 Å². The molecular formula is C10H18N4O3S. The summed E-state index contributed by atoms with van der Waals surface area (Å²) in [6.07, 6.45) is 0. The van der Waals surface area contributed by atoms with Gasteiger partial charge in [0.2, 0.25) is 5.89 Å². The highest BCUT2D eigenvalue weighted by molar-refractivity contribution is 7.91. The van der Waals surface area contributed by atoms with Gasteiger partial charge in [0, 0.05) is 19.1 Å². The molecule has 0 spiro atoms. The van der Waals surface area contributed by atoms with Crippen molar-refractivity contribution in [2.45, 2.75) is 26.4 Å². The van der Waals surface area contributed by atoms with Crippen LogP contribution >= 0.6 is 0 Å². The number of anilines is 1. The smallest absolute Gasteiger partial charge is 0.318 e. The van der Waals surface area contributed by atoms with E-state index < -0.39 is 9.84 Å². The second-order valence-corrected chi connectivity index (χ2v) is 6.96. The van der Waals surface area contributed by atoms with Gasteiger partial charge < -0.3 is 14.6 Å². The van der Waals surface area contributed by atoms with E-state index in [1.54, 1.807) is 0 Å². The van der Waals surface area contributed by atoms with E-state index >= 15 is 0 Å². The summed E-state index contributed by atoms with van der Waals surface area (Å²) < 4.78 is 28.1. The Morgan fingerprint density at radius 1 is 1.33 bits per heavy atom. The first-order chi connectivity index (χ1) is 8.46. The fourth-order valence-electron chi connectivity index (χ4n) is 1.64. The van der Waals surface area contributed by atoms with Crippen LogP contribution in [0.5, 0.6) is 0 Å². The minimum absolute atomic E-state index is 0.148. The lowest BCUT2D eigenvalue weighted by atomic mass is 10.4. The molecule has 0 aliphatic carbocycles. The lowest BCUT2D eigenvalue weighted by Crippen LogP contribution is -2.40. The Morgan fingerprint density at radius 2 is 2.00 bits per heavy atom. The maximum Gasteiger partial charge on any atom is 0.318 e. The molecule has 2 rings (SSSR count). The third-order valence-corrected chi connectivity index (χ3v) is 4.34. The van der Waals surface area contributed by atoms with Crippen LogP contribution in [-0.4, -0.2) is 49.3 Å². The van der Waals surface area contributed by atoms with Gasteiger partial charge >= 0.3 is 6.01 Å². The average molecular weight is 274 g/mol. The van der Waals surface area contributed by atoms with Crippen molar-refractivity contribution in [3.05, 3.63) is 5.89 Å². The largest absolute Gasteiger partial charge is 0.407 e. The summed E-state index contributed by atoms with van der Waals surface area (Å²) in [7, 11) is -2.88. The Kier molecular flexibility index (Phi) is 3.86. The van der Waals surface area contributed by atoms with Gasteiger partial charge in [0.15, 0.2) is 9.84 Å². The minimum Gasteiger partial charge on any atom is -0.407 e. The number of rotatable bonds is 4. The van der Waals surface area contributed by atoms with E-state index in [0.717, 1.165) is 0 Å². The molecule has 1 aromatic rings. The van der Waals surface area contributed by atoms with Crippen molar-refractivity contribution in [2.24, 2.45) is 0 Å². The molecule has 18 heavy (non-hydrogen) atoms. The molecule has 2 heterocycles. The maximum atomic E-state index is 11.3. The lowest BCUT2D eigenvalue weighted by Gasteiger charge is -2.24. The van der Waals surface area contributed by atoms with Gasteiger partial charge in [0.25, 0.3) is 0 Å². The Balaban J connectivity index is 1.94. The van der Waals surface area contributed by atoms with Crippen LogP contribution in [0.3, 0.4) is 0 Å². The van der Waals surface area contributed by atoms with Crippen molar-refractivity contribution in [1.82, 2.24) is 15.5 Å². The van der Waals surface area contributed by atoms with E-state index in [9.17, 15) is 8.42 Å². The van der Waals surface area contributed by atoms with Gasteiger partial charge in [-0.2, -0.15) is 0 Å². The van der Waals surface area contributed by atoms with Crippen LogP contribution in [0.2, 0.25) is 0 Å². The van der Waals surface area contributed by atoms with E-state index in [1.807, 2.05) is 18.7 Å². The molecule has 0 amide bonds. The molecule has 0 radical (unpaired) electrons. The molecule has 7 nitrogen and oxygen atoms in total. The molecule has 0 unspecified atom stereocenters. The van der Waals surface area contributed by atoms with Crippen molar-refractivity contribution < 1.29 is 12.8 Å². The number of nitrogens with one attached hydrogen (secondary N) is 1. The molecule has 0 saturated carbocycles. The van der Waals surface area contributed by atoms with Crippen molar-refractivity contribution in [3.8, 4) is 0 Å². The topological polar surface area (TPSA) is 88.3 Å². The number of aromatic nitrogens is 2. The Bertz CT molecular complexity index is 483. The predicted octanol–water partition coefficient (Wildman–Crippen LogP) is -0.198. The monoisotopic (exact) mass is 274 g/mol. The summed E-state index contributed by atoms with van der Waals surface area (Å²) in [4.78, 5) is 1.81. The molecule has 1 aromatic heterocycles. The van der Waals surface area contributed by atoms with E-state index in [2.05, 4.69) is 15.5 Å². The number of nitrogens with zero attached hydrogens (tertiary/aromatic N) is 3. The molecule has 0 atom stereocenters. The third-order valence-electron chi connectivity index (χ3n) is 2.73. The molecule has 102 valence electrons. The number of hydrogen-bond acceptors (Lipinski definition) is 7. The summed E-state index contributed by atoms with van der Waals surface area (Å²) in [6.45, 7) is 5.43. The fourth-order valence-corrected chi connectivity index (χ4v) is 2.84. The minimum atomic E-state index is -2.88. The van der Waals surface area contributed by atoms with Gasteiger partial charge in [-0.1, -0.05) is 18.9 Å². The molecule has 0 bridgehead atoms. The molecule has 1 aliphatic rings. The molecule has 1 aliphatic heterocycles. The van der Waals surface area contributed by atoms with E-state index in [1.165, 1.54) is 0 Å². The van der Waals surface area contributed by atoms with Crippen LogP contribution in [0.15, 0.2) is 4.42 Å². The highest BCUT2D eigenvalue weighted by Crippen LogP contribution is 2.15. The second kappa shape index (κ2) is 5.23. The van der Waals surface area contributed by atoms with Crippen LogP contribution < -0.4 is 10.2 Å². The molecule has 0 aromatic carbocycles.